The van der Waals surface area contributed by atoms with Gasteiger partial charge in [-0.05, 0) is 42.5 Å². The molecule has 2 rings (SSSR count). The van der Waals surface area contributed by atoms with Crippen molar-refractivity contribution in [3.05, 3.63) is 66.0 Å². The summed E-state index contributed by atoms with van der Waals surface area (Å²) in [6.07, 6.45) is 6.29. The molecule has 0 amide bonds. The molecule has 0 aliphatic carbocycles. The second-order valence-electron chi connectivity index (χ2n) is 4.12. The summed E-state index contributed by atoms with van der Waals surface area (Å²) >= 11 is 0. The zero-order valence-electron chi connectivity index (χ0n) is 10.2. The summed E-state index contributed by atoms with van der Waals surface area (Å²) < 4.78 is 0. The average molecular weight is 240 g/mol. The smallest absolute Gasteiger partial charge is 0.0867 e. The lowest BCUT2D eigenvalue weighted by Crippen LogP contribution is -2.01. The van der Waals surface area contributed by atoms with Crippen molar-refractivity contribution in [2.24, 2.45) is 5.16 Å². The summed E-state index contributed by atoms with van der Waals surface area (Å²) in [6.45, 7) is 0. The average Bonchev–Trinajstić information content (AvgIpc) is 2.46. The highest BCUT2D eigenvalue weighted by atomic mass is 16.4. The summed E-state index contributed by atoms with van der Waals surface area (Å²) in [4.78, 5) is 3.99. The molecular weight excluding hydrogens is 224 g/mol. The maximum atomic E-state index is 9.05. The molecule has 0 bridgehead atoms. The maximum Gasteiger partial charge on any atom is 0.0867 e. The van der Waals surface area contributed by atoms with E-state index in [2.05, 4.69) is 10.1 Å². The van der Waals surface area contributed by atoms with E-state index >= 15 is 0 Å². The fourth-order valence-corrected chi connectivity index (χ4v) is 1.89. The van der Waals surface area contributed by atoms with E-state index in [1.54, 1.807) is 12.4 Å². The van der Waals surface area contributed by atoms with Crippen LogP contribution in [0.5, 0.6) is 0 Å². The summed E-state index contributed by atoms with van der Waals surface area (Å²) in [5.74, 6) is 0. The number of pyridine rings is 1. The van der Waals surface area contributed by atoms with Crippen molar-refractivity contribution >= 4 is 5.71 Å². The number of nitrogens with zero attached hydrogens (tertiary/aromatic N) is 2. The summed E-state index contributed by atoms with van der Waals surface area (Å²) in [5.41, 5.74) is 2.98. The molecule has 0 saturated carbocycles. The molecule has 1 N–H and O–H groups in total. The van der Waals surface area contributed by atoms with Crippen LogP contribution in [0, 0.1) is 0 Å². The van der Waals surface area contributed by atoms with Gasteiger partial charge in [0.2, 0.25) is 0 Å². The summed E-state index contributed by atoms with van der Waals surface area (Å²) in [5, 5.41) is 12.4. The predicted molar refractivity (Wildman–Crippen MR) is 71.9 cm³/mol. The van der Waals surface area contributed by atoms with Crippen LogP contribution in [0.15, 0.2) is 60.0 Å². The lowest BCUT2D eigenvalue weighted by atomic mass is 10.0. The van der Waals surface area contributed by atoms with Crippen LogP contribution in [0.4, 0.5) is 0 Å². The molecule has 3 nitrogen and oxygen atoms in total. The Balaban J connectivity index is 1.90. The second-order valence-corrected chi connectivity index (χ2v) is 4.12. The Morgan fingerprint density at radius 3 is 2.44 bits per heavy atom. The van der Waals surface area contributed by atoms with E-state index in [-0.39, 0.29) is 0 Å². The van der Waals surface area contributed by atoms with Crippen LogP contribution in [0.25, 0.3) is 0 Å². The van der Waals surface area contributed by atoms with Gasteiger partial charge in [0.15, 0.2) is 0 Å². The molecule has 0 atom stereocenters. The van der Waals surface area contributed by atoms with Crippen molar-refractivity contribution < 1.29 is 5.21 Å². The monoisotopic (exact) mass is 240 g/mol. The van der Waals surface area contributed by atoms with Gasteiger partial charge in [-0.2, -0.15) is 0 Å². The van der Waals surface area contributed by atoms with Gasteiger partial charge in [0.05, 0.1) is 5.71 Å². The SMILES string of the molecule is O/N=C(/CCCc1ccncc1)c1ccccc1. The van der Waals surface area contributed by atoms with Gasteiger partial charge >= 0.3 is 0 Å². The number of benzene rings is 1. The van der Waals surface area contributed by atoms with Crippen LogP contribution in [-0.4, -0.2) is 15.9 Å². The zero-order valence-corrected chi connectivity index (χ0v) is 10.2. The highest BCUT2D eigenvalue weighted by molar-refractivity contribution is 6.00. The molecule has 0 aliphatic heterocycles. The lowest BCUT2D eigenvalue weighted by molar-refractivity contribution is 0.318. The topological polar surface area (TPSA) is 45.5 Å². The number of hydrogen-bond donors (Lipinski definition) is 1. The van der Waals surface area contributed by atoms with E-state index < -0.39 is 0 Å². The highest BCUT2D eigenvalue weighted by Gasteiger charge is 2.03. The minimum absolute atomic E-state index is 0.740. The molecule has 92 valence electrons. The van der Waals surface area contributed by atoms with Crippen molar-refractivity contribution in [1.82, 2.24) is 4.98 Å². The van der Waals surface area contributed by atoms with Crippen LogP contribution >= 0.6 is 0 Å². The molecule has 1 heterocycles. The van der Waals surface area contributed by atoms with Crippen molar-refractivity contribution in [3.63, 3.8) is 0 Å². The van der Waals surface area contributed by atoms with Gasteiger partial charge in [0.25, 0.3) is 0 Å². The Kier molecular flexibility index (Phi) is 4.47. The molecule has 0 radical (unpaired) electrons. The van der Waals surface area contributed by atoms with E-state index in [4.69, 9.17) is 5.21 Å². The fourth-order valence-electron chi connectivity index (χ4n) is 1.89. The van der Waals surface area contributed by atoms with Crippen LogP contribution < -0.4 is 0 Å². The lowest BCUT2D eigenvalue weighted by Gasteiger charge is -2.04. The summed E-state index contributed by atoms with van der Waals surface area (Å²) in [6, 6.07) is 13.8. The fraction of sp³-hybridized carbons (Fsp3) is 0.200. The third-order valence-corrected chi connectivity index (χ3v) is 2.86. The first kappa shape index (κ1) is 12.3. The largest absolute Gasteiger partial charge is 0.411 e. The van der Waals surface area contributed by atoms with Gasteiger partial charge in [-0.1, -0.05) is 35.5 Å². The molecule has 1 aromatic heterocycles. The minimum atomic E-state index is 0.740. The first-order valence-corrected chi connectivity index (χ1v) is 6.05. The Labute approximate surface area is 107 Å². The van der Waals surface area contributed by atoms with Gasteiger partial charge in [-0.3, -0.25) is 4.98 Å². The van der Waals surface area contributed by atoms with E-state index in [1.807, 2.05) is 42.5 Å². The van der Waals surface area contributed by atoms with E-state index in [0.29, 0.717) is 0 Å². The number of rotatable bonds is 5. The van der Waals surface area contributed by atoms with Crippen molar-refractivity contribution in [2.75, 3.05) is 0 Å². The Morgan fingerprint density at radius 1 is 1.06 bits per heavy atom. The van der Waals surface area contributed by atoms with Crippen LogP contribution in [0.1, 0.15) is 24.0 Å². The first-order chi connectivity index (χ1) is 8.90. The first-order valence-electron chi connectivity index (χ1n) is 6.05. The van der Waals surface area contributed by atoms with Crippen molar-refractivity contribution in [1.29, 1.82) is 0 Å². The molecule has 0 unspecified atom stereocenters. The maximum absolute atomic E-state index is 9.05. The zero-order chi connectivity index (χ0) is 12.6. The van der Waals surface area contributed by atoms with Gasteiger partial charge in [-0.15, -0.1) is 0 Å². The van der Waals surface area contributed by atoms with Crippen LogP contribution in [0.2, 0.25) is 0 Å². The third kappa shape index (κ3) is 3.42. The number of hydrogen-bond acceptors (Lipinski definition) is 3. The standard InChI is InChI=1S/C15H16N2O/c18-17-15(14-6-2-1-3-7-14)8-4-5-13-9-11-16-12-10-13/h1-3,6-7,9-12,18H,4-5,8H2/b17-15-. The van der Waals surface area contributed by atoms with Gasteiger partial charge < -0.3 is 5.21 Å². The quantitative estimate of drug-likeness (QED) is 0.495. The molecular formula is C15H16N2O. The highest BCUT2D eigenvalue weighted by Crippen LogP contribution is 2.09. The Hall–Kier alpha value is -2.16. The molecule has 18 heavy (non-hydrogen) atoms. The van der Waals surface area contributed by atoms with E-state index in [9.17, 15) is 0 Å². The van der Waals surface area contributed by atoms with Crippen molar-refractivity contribution in [3.8, 4) is 0 Å². The minimum Gasteiger partial charge on any atom is -0.411 e. The molecule has 0 fully saturated rings. The van der Waals surface area contributed by atoms with Crippen LogP contribution in [0.3, 0.4) is 0 Å². The van der Waals surface area contributed by atoms with Gasteiger partial charge in [-0.25, -0.2) is 0 Å². The number of aryl methyl sites for hydroxylation is 1. The molecule has 3 heteroatoms. The second kappa shape index (κ2) is 6.55. The Morgan fingerprint density at radius 2 is 1.78 bits per heavy atom. The molecule has 2 aromatic rings. The van der Waals surface area contributed by atoms with E-state index in [1.165, 1.54) is 5.56 Å². The third-order valence-electron chi connectivity index (χ3n) is 2.86. The normalized spacial score (nSPS) is 11.4. The van der Waals surface area contributed by atoms with Gasteiger partial charge in [0, 0.05) is 12.4 Å². The number of oxime groups is 1. The number of aromatic nitrogens is 1. The van der Waals surface area contributed by atoms with Crippen LogP contribution in [-0.2, 0) is 6.42 Å². The van der Waals surface area contributed by atoms with E-state index in [0.717, 1.165) is 30.5 Å². The molecule has 0 aliphatic rings. The van der Waals surface area contributed by atoms with Crippen molar-refractivity contribution in [2.45, 2.75) is 19.3 Å². The molecule has 1 aromatic carbocycles. The predicted octanol–water partition coefficient (Wildman–Crippen LogP) is 3.28. The van der Waals surface area contributed by atoms with Gasteiger partial charge in [0.1, 0.15) is 0 Å². The Bertz CT molecular complexity index is 494. The summed E-state index contributed by atoms with van der Waals surface area (Å²) in [7, 11) is 0. The molecule has 0 spiro atoms. The molecule has 0 saturated heterocycles.